The number of fused-ring (bicyclic) bond motifs is 1. The van der Waals surface area contributed by atoms with E-state index in [2.05, 4.69) is 175 Å². The first kappa shape index (κ1) is 32.8. The molecule has 1 nitrogen and oxygen atoms in total. The Hall–Kier alpha value is -7.03. The molecule has 0 saturated carbocycles. The number of hydrogen-bond donors (Lipinski definition) is 0. The van der Waals surface area contributed by atoms with E-state index in [1.54, 1.807) is 6.07 Å². The lowest BCUT2D eigenvalue weighted by molar-refractivity contribution is 0.631. The topological polar surface area (TPSA) is 3.24 Å². The van der Waals surface area contributed by atoms with Gasteiger partial charge < -0.3 is 4.90 Å². The van der Waals surface area contributed by atoms with Crippen molar-refractivity contribution in [2.45, 2.75) is 0 Å². The minimum atomic E-state index is -0.223. The summed E-state index contributed by atoms with van der Waals surface area (Å²) >= 11 is 0. The van der Waals surface area contributed by atoms with Gasteiger partial charge in [-0.25, -0.2) is 4.39 Å². The maximum absolute atomic E-state index is 15.1. The number of benzene rings is 9. The molecule has 0 spiro atoms. The van der Waals surface area contributed by atoms with Gasteiger partial charge in [-0.05, 0) is 103 Å². The van der Waals surface area contributed by atoms with Crippen LogP contribution in [0.4, 0.5) is 21.5 Å². The van der Waals surface area contributed by atoms with Crippen LogP contribution in [0.15, 0.2) is 218 Å². The molecule has 0 aliphatic heterocycles. The third-order valence-electron chi connectivity index (χ3n) is 10.2. The molecule has 0 radical (unpaired) electrons. The number of anilines is 3. The van der Waals surface area contributed by atoms with Crippen molar-refractivity contribution >= 4 is 27.8 Å². The predicted molar refractivity (Wildman–Crippen MR) is 226 cm³/mol. The largest absolute Gasteiger partial charge is 0.311 e. The average molecular weight is 694 g/mol. The molecule has 0 N–H and O–H groups in total. The second-order valence-electron chi connectivity index (χ2n) is 13.5. The second kappa shape index (κ2) is 14.5. The molecule has 0 saturated heterocycles. The van der Waals surface area contributed by atoms with Crippen molar-refractivity contribution in [3.63, 3.8) is 0 Å². The van der Waals surface area contributed by atoms with Gasteiger partial charge in [0.05, 0.1) is 0 Å². The van der Waals surface area contributed by atoms with Gasteiger partial charge in [0, 0.05) is 22.6 Å². The minimum absolute atomic E-state index is 0.223. The monoisotopic (exact) mass is 693 g/mol. The molecule has 9 rings (SSSR count). The quantitative estimate of drug-likeness (QED) is 0.153. The predicted octanol–water partition coefficient (Wildman–Crippen LogP) is 14.8. The van der Waals surface area contributed by atoms with Gasteiger partial charge in [-0.2, -0.15) is 0 Å². The molecule has 0 aromatic heterocycles. The number of halogens is 1. The highest BCUT2D eigenvalue weighted by atomic mass is 19.1. The van der Waals surface area contributed by atoms with E-state index >= 15 is 4.39 Å². The fourth-order valence-electron chi connectivity index (χ4n) is 7.45. The van der Waals surface area contributed by atoms with E-state index in [0.29, 0.717) is 5.56 Å². The van der Waals surface area contributed by atoms with Crippen molar-refractivity contribution in [1.29, 1.82) is 0 Å². The summed E-state index contributed by atoms with van der Waals surface area (Å²) in [4.78, 5) is 2.30. The number of hydrogen-bond acceptors (Lipinski definition) is 1. The van der Waals surface area contributed by atoms with E-state index in [4.69, 9.17) is 0 Å². The lowest BCUT2D eigenvalue weighted by atomic mass is 9.91. The van der Waals surface area contributed by atoms with Crippen LogP contribution in [0.5, 0.6) is 0 Å². The van der Waals surface area contributed by atoms with Gasteiger partial charge in [-0.1, -0.05) is 176 Å². The molecule has 0 bridgehead atoms. The van der Waals surface area contributed by atoms with Gasteiger partial charge in [0.2, 0.25) is 0 Å². The normalized spacial score (nSPS) is 11.1. The molecular weight excluding hydrogens is 658 g/mol. The highest BCUT2D eigenvalue weighted by Crippen LogP contribution is 2.41. The molecule has 9 aromatic rings. The Kier molecular flexibility index (Phi) is 8.84. The summed E-state index contributed by atoms with van der Waals surface area (Å²) in [5.74, 6) is -0.223. The van der Waals surface area contributed by atoms with Crippen LogP contribution in [-0.4, -0.2) is 0 Å². The van der Waals surface area contributed by atoms with E-state index in [9.17, 15) is 0 Å². The molecule has 0 aliphatic rings. The molecular formula is C52H36FN. The molecule has 0 fully saturated rings. The fourth-order valence-corrected chi connectivity index (χ4v) is 7.45. The highest BCUT2D eigenvalue weighted by molar-refractivity contribution is 6.06. The molecule has 9 aromatic carbocycles. The molecule has 0 unspecified atom stereocenters. The maximum atomic E-state index is 15.1. The van der Waals surface area contributed by atoms with Crippen LogP contribution in [-0.2, 0) is 0 Å². The van der Waals surface area contributed by atoms with Gasteiger partial charge in [0.15, 0.2) is 0 Å². The smallest absolute Gasteiger partial charge is 0.131 e. The van der Waals surface area contributed by atoms with Crippen molar-refractivity contribution in [2.75, 3.05) is 4.90 Å². The standard InChI is InChI=1S/C52H36FN/c53-51-20-8-7-17-49(51)50-19-10-16-44-15-9-18-48(52(44)50)43-29-35-47(36-30-43)54(45-31-25-41(26-32-45)38-13-5-2-6-14-38)46-33-27-42(28-34-46)40-23-21-39(22-24-40)37-11-3-1-4-12-37/h1-36H. The van der Waals surface area contributed by atoms with Gasteiger partial charge >= 0.3 is 0 Å². The third kappa shape index (κ3) is 6.46. The molecule has 0 amide bonds. The lowest BCUT2D eigenvalue weighted by Crippen LogP contribution is -2.09. The van der Waals surface area contributed by atoms with Crippen LogP contribution in [0.1, 0.15) is 0 Å². The van der Waals surface area contributed by atoms with Crippen LogP contribution >= 0.6 is 0 Å². The Balaban J connectivity index is 1.09. The molecule has 0 atom stereocenters. The zero-order chi connectivity index (χ0) is 36.3. The first-order chi connectivity index (χ1) is 26.7. The molecule has 0 heterocycles. The highest BCUT2D eigenvalue weighted by Gasteiger charge is 2.16. The van der Waals surface area contributed by atoms with Crippen molar-refractivity contribution in [1.82, 2.24) is 0 Å². The van der Waals surface area contributed by atoms with Crippen molar-refractivity contribution < 1.29 is 4.39 Å². The van der Waals surface area contributed by atoms with Gasteiger partial charge in [-0.3, -0.25) is 0 Å². The summed E-state index contributed by atoms with van der Waals surface area (Å²) in [5, 5.41) is 2.12. The van der Waals surface area contributed by atoms with Crippen LogP contribution in [0.3, 0.4) is 0 Å². The Labute approximate surface area is 315 Å². The van der Waals surface area contributed by atoms with E-state index < -0.39 is 0 Å². The van der Waals surface area contributed by atoms with Crippen LogP contribution < -0.4 is 4.90 Å². The first-order valence-electron chi connectivity index (χ1n) is 18.3. The van der Waals surface area contributed by atoms with E-state index in [1.807, 2.05) is 36.4 Å². The Bertz CT molecular complexity index is 2660. The summed E-state index contributed by atoms with van der Waals surface area (Å²) in [5.41, 5.74) is 13.9. The summed E-state index contributed by atoms with van der Waals surface area (Å²) in [7, 11) is 0. The number of nitrogens with zero attached hydrogens (tertiary/aromatic N) is 1. The van der Waals surface area contributed by atoms with Gasteiger partial charge in [-0.15, -0.1) is 0 Å². The van der Waals surface area contributed by atoms with Crippen molar-refractivity contribution in [2.24, 2.45) is 0 Å². The summed E-state index contributed by atoms with van der Waals surface area (Å²) < 4.78 is 15.1. The van der Waals surface area contributed by atoms with Crippen molar-refractivity contribution in [3.05, 3.63) is 224 Å². The molecule has 54 heavy (non-hydrogen) atoms. The van der Waals surface area contributed by atoms with Gasteiger partial charge in [0.25, 0.3) is 0 Å². The Morgan fingerprint density at radius 2 is 0.611 bits per heavy atom. The minimum Gasteiger partial charge on any atom is -0.311 e. The summed E-state index contributed by atoms with van der Waals surface area (Å²) in [6, 6.07) is 75.4. The molecule has 0 aliphatic carbocycles. The first-order valence-corrected chi connectivity index (χ1v) is 18.3. The lowest BCUT2D eigenvalue weighted by Gasteiger charge is -2.26. The van der Waals surface area contributed by atoms with Crippen LogP contribution in [0.2, 0.25) is 0 Å². The van der Waals surface area contributed by atoms with Crippen LogP contribution in [0, 0.1) is 5.82 Å². The second-order valence-corrected chi connectivity index (χ2v) is 13.5. The SMILES string of the molecule is Fc1ccccc1-c1cccc2cccc(-c3ccc(N(c4ccc(-c5ccccc5)cc4)c4ccc(-c5ccc(-c6ccccc6)cc5)cc4)cc3)c12. The Morgan fingerprint density at radius 1 is 0.259 bits per heavy atom. The summed E-state index contributed by atoms with van der Waals surface area (Å²) in [6.45, 7) is 0. The Morgan fingerprint density at radius 3 is 1.07 bits per heavy atom. The molecule has 256 valence electrons. The zero-order valence-electron chi connectivity index (χ0n) is 29.6. The van der Waals surface area contributed by atoms with E-state index in [-0.39, 0.29) is 5.82 Å². The van der Waals surface area contributed by atoms with E-state index in [0.717, 1.165) is 50.1 Å². The molecule has 2 heteroatoms. The van der Waals surface area contributed by atoms with Crippen molar-refractivity contribution in [3.8, 4) is 55.6 Å². The van der Waals surface area contributed by atoms with E-state index in [1.165, 1.54) is 33.9 Å². The fraction of sp³-hybridized carbons (Fsp3) is 0. The average Bonchev–Trinajstić information content (AvgIpc) is 3.25. The summed E-state index contributed by atoms with van der Waals surface area (Å²) in [6.07, 6.45) is 0. The maximum Gasteiger partial charge on any atom is 0.131 e. The number of rotatable bonds is 8. The van der Waals surface area contributed by atoms with Gasteiger partial charge in [0.1, 0.15) is 5.82 Å². The third-order valence-corrected chi connectivity index (χ3v) is 10.2. The zero-order valence-corrected chi connectivity index (χ0v) is 29.6. The van der Waals surface area contributed by atoms with Crippen LogP contribution in [0.25, 0.3) is 66.4 Å².